The Morgan fingerprint density at radius 2 is 1.42 bits per heavy atom. The van der Waals surface area contributed by atoms with Gasteiger partial charge in [-0.3, -0.25) is 42.9 Å². The number of Topliss-reactive ketones (excluding diaryl/α,β-unsaturated/α-hetero) is 1. The molecule has 3 unspecified atom stereocenters. The third-order valence-corrected chi connectivity index (χ3v) is 11.8. The van der Waals surface area contributed by atoms with Crippen molar-refractivity contribution in [2.24, 2.45) is 5.92 Å². The van der Waals surface area contributed by atoms with Crippen molar-refractivity contribution in [1.82, 2.24) is 39.7 Å². The van der Waals surface area contributed by atoms with Crippen LogP contribution < -0.4 is 15.4 Å². The zero-order chi connectivity index (χ0) is 51.7. The molecule has 1 saturated heterocycles. The van der Waals surface area contributed by atoms with Gasteiger partial charge in [0.1, 0.15) is 17.5 Å². The van der Waals surface area contributed by atoms with Crippen molar-refractivity contribution in [2.45, 2.75) is 64.0 Å². The molecule has 1 fully saturated rings. The number of hydrogen-bond donors (Lipinski definition) is 5. The topological polar surface area (TPSA) is 293 Å². The van der Waals surface area contributed by atoms with Gasteiger partial charge >= 0.3 is 24.0 Å². The number of carbonyl (C=O) groups is 8. The minimum Gasteiger partial charge on any atom is -0.481 e. The van der Waals surface area contributed by atoms with E-state index in [4.69, 9.17) is 23.9 Å². The summed E-state index contributed by atoms with van der Waals surface area (Å²) in [6, 6.07) is 19.3. The van der Waals surface area contributed by atoms with Gasteiger partial charge in [0.25, 0.3) is 0 Å². The number of nitrogens with zero attached hydrogens (tertiary/aromatic N) is 6. The molecule has 5 aromatic rings. The number of morpholine rings is 1. The zero-order valence-corrected chi connectivity index (χ0v) is 39.9. The molecule has 6 rings (SSSR count). The fraction of sp³-hybridized carbons (Fsp3) is 0.400. The number of rotatable bonds is 26. The van der Waals surface area contributed by atoms with Crippen molar-refractivity contribution >= 4 is 53.2 Å². The largest absolute Gasteiger partial charge is 0.481 e. The summed E-state index contributed by atoms with van der Waals surface area (Å²) >= 11 is 0. The standard InChI is InChI=1S/C50H58N8O14/c1-32(59)51-39(30-45(65)66)47(67)54-37(29-44(63)64)42(60)26-35(27-43(61)62)48(68)55(2)18-19-57(17-10-16-56-20-23-70-24-21-56)50(69)72-49-40(28-36-15-9-22-71-36)53-46-38(25-33-11-5-3-6-12-33)52-41(31-58(46)49)34-13-7-4-8-14-34/h3-9,11-15,22,31,35,37,39H,10,16-21,23-30H2,1-2H3,(H,51,59)(H,54,67)(H,61,62)(H,63,64)(H,65,66). The second-order valence-corrected chi connectivity index (χ2v) is 17.3. The molecule has 22 heteroatoms. The lowest BCUT2D eigenvalue weighted by Crippen LogP contribution is -2.53. The van der Waals surface area contributed by atoms with E-state index in [0.29, 0.717) is 74.2 Å². The highest BCUT2D eigenvalue weighted by molar-refractivity contribution is 5.97. The van der Waals surface area contributed by atoms with Gasteiger partial charge in [0.2, 0.25) is 23.6 Å². The molecule has 2 aromatic carbocycles. The van der Waals surface area contributed by atoms with E-state index in [0.717, 1.165) is 23.0 Å². The average molecular weight is 995 g/mol. The maximum absolute atomic E-state index is 14.7. The van der Waals surface area contributed by atoms with Crippen LogP contribution in [-0.2, 0) is 51.1 Å². The Balaban J connectivity index is 1.27. The molecule has 3 aromatic heterocycles. The molecule has 5 N–H and O–H groups in total. The first-order valence-electron chi connectivity index (χ1n) is 23.3. The van der Waals surface area contributed by atoms with E-state index >= 15 is 0 Å². The van der Waals surface area contributed by atoms with Crippen LogP contribution in [0.1, 0.15) is 61.7 Å². The van der Waals surface area contributed by atoms with Gasteiger partial charge < -0.3 is 49.6 Å². The molecule has 1 aliphatic rings. The van der Waals surface area contributed by atoms with Gasteiger partial charge in [-0.25, -0.2) is 14.8 Å². The van der Waals surface area contributed by atoms with Crippen molar-refractivity contribution in [3.8, 4) is 17.1 Å². The van der Waals surface area contributed by atoms with E-state index in [-0.39, 0.29) is 31.9 Å². The van der Waals surface area contributed by atoms with E-state index in [1.807, 2.05) is 60.7 Å². The highest BCUT2D eigenvalue weighted by Crippen LogP contribution is 2.30. The Morgan fingerprint density at radius 3 is 2.06 bits per heavy atom. The molecular formula is C50H58N8O14. The van der Waals surface area contributed by atoms with E-state index < -0.39 is 91.2 Å². The minimum absolute atomic E-state index is 0.109. The van der Waals surface area contributed by atoms with Crippen molar-refractivity contribution in [2.75, 3.05) is 59.5 Å². The first kappa shape index (κ1) is 53.4. The monoisotopic (exact) mass is 994 g/mol. The van der Waals surface area contributed by atoms with Crippen LogP contribution in [0, 0.1) is 5.92 Å². The summed E-state index contributed by atoms with van der Waals surface area (Å²) in [6.45, 7) is 4.01. The predicted octanol–water partition coefficient (Wildman–Crippen LogP) is 3.14. The number of aliphatic carboxylic acids is 3. The van der Waals surface area contributed by atoms with Crippen LogP contribution in [0.5, 0.6) is 5.88 Å². The van der Waals surface area contributed by atoms with Gasteiger partial charge in [0, 0.05) is 77.8 Å². The molecule has 0 saturated carbocycles. The SMILES string of the molecule is CC(=O)NC(CC(=O)O)C(=O)NC(CC(=O)O)C(=O)CC(CC(=O)O)C(=O)N(C)CCN(CCCN1CCOCC1)C(=O)Oc1c(Cc2ccco2)nc2c(Cc3ccccc3)nc(-c3ccccc3)cn12. The molecule has 4 heterocycles. The van der Waals surface area contributed by atoms with Gasteiger partial charge in [-0.15, -0.1) is 0 Å². The van der Waals surface area contributed by atoms with Crippen LogP contribution in [0.4, 0.5) is 4.79 Å². The average Bonchev–Trinajstić information content (AvgIpc) is 3.99. The van der Waals surface area contributed by atoms with E-state index in [1.54, 1.807) is 22.7 Å². The number of carboxylic acids is 3. The quantitative estimate of drug-likeness (QED) is 0.0532. The number of carboxylic acid groups (broad SMARTS) is 3. The summed E-state index contributed by atoms with van der Waals surface area (Å²) in [6.07, 6.45) is -0.0447. The minimum atomic E-state index is -1.82. The first-order chi connectivity index (χ1) is 34.5. The second kappa shape index (κ2) is 25.8. The van der Waals surface area contributed by atoms with Crippen LogP contribution in [-0.4, -0.2) is 164 Å². The zero-order valence-electron chi connectivity index (χ0n) is 39.9. The van der Waals surface area contributed by atoms with Crippen molar-refractivity contribution in [3.05, 3.63) is 108 Å². The summed E-state index contributed by atoms with van der Waals surface area (Å²) in [5.74, 6) is -9.17. The Bertz CT molecular complexity index is 2670. The number of furan rings is 1. The Kier molecular flexibility index (Phi) is 19.1. The maximum Gasteiger partial charge on any atom is 0.416 e. The maximum atomic E-state index is 14.7. The number of hydrogen-bond acceptors (Lipinski definition) is 14. The van der Waals surface area contributed by atoms with E-state index in [2.05, 4.69) is 15.5 Å². The lowest BCUT2D eigenvalue weighted by molar-refractivity contribution is -0.146. The van der Waals surface area contributed by atoms with Crippen molar-refractivity contribution in [1.29, 1.82) is 0 Å². The van der Waals surface area contributed by atoms with Gasteiger partial charge in [-0.2, -0.15) is 0 Å². The number of imidazole rings is 1. The number of nitrogens with one attached hydrogen (secondary N) is 2. The molecule has 1 aliphatic heterocycles. The Hall–Kier alpha value is -7.98. The number of ketones is 1. The molecule has 0 aliphatic carbocycles. The summed E-state index contributed by atoms with van der Waals surface area (Å²) in [5.41, 5.74) is 3.82. The number of benzene rings is 2. The molecule has 0 spiro atoms. The van der Waals surface area contributed by atoms with Crippen molar-refractivity contribution in [3.63, 3.8) is 0 Å². The summed E-state index contributed by atoms with van der Waals surface area (Å²) in [5, 5.41) is 33.0. The molecule has 0 bridgehead atoms. The van der Waals surface area contributed by atoms with Crippen LogP contribution in [0.15, 0.2) is 89.7 Å². The number of amides is 4. The Labute approximate surface area is 413 Å². The van der Waals surface area contributed by atoms with Gasteiger partial charge in [0.15, 0.2) is 11.4 Å². The highest BCUT2D eigenvalue weighted by Gasteiger charge is 2.34. The Morgan fingerprint density at radius 1 is 0.750 bits per heavy atom. The van der Waals surface area contributed by atoms with Crippen LogP contribution in [0.2, 0.25) is 0 Å². The van der Waals surface area contributed by atoms with Crippen LogP contribution in [0.3, 0.4) is 0 Å². The fourth-order valence-corrected chi connectivity index (χ4v) is 8.20. The summed E-state index contributed by atoms with van der Waals surface area (Å²) in [4.78, 5) is 117. The lowest BCUT2D eigenvalue weighted by atomic mass is 9.93. The molecular weight excluding hydrogens is 937 g/mol. The third-order valence-electron chi connectivity index (χ3n) is 11.8. The number of likely N-dealkylation sites (N-methyl/N-ethyl adjacent to an activating group) is 1. The second-order valence-electron chi connectivity index (χ2n) is 17.3. The molecule has 382 valence electrons. The predicted molar refractivity (Wildman–Crippen MR) is 256 cm³/mol. The van der Waals surface area contributed by atoms with Gasteiger partial charge in [0.05, 0.1) is 68.5 Å². The van der Waals surface area contributed by atoms with Crippen LogP contribution >= 0.6 is 0 Å². The molecule has 4 amide bonds. The van der Waals surface area contributed by atoms with E-state index in [1.165, 1.54) is 18.2 Å². The summed E-state index contributed by atoms with van der Waals surface area (Å²) < 4.78 is 19.3. The normalized spacial score (nSPS) is 13.9. The summed E-state index contributed by atoms with van der Waals surface area (Å²) in [7, 11) is 1.36. The number of fused-ring (bicyclic) bond motifs is 1. The van der Waals surface area contributed by atoms with E-state index in [9.17, 15) is 53.7 Å². The third kappa shape index (κ3) is 15.5. The lowest BCUT2D eigenvalue weighted by Gasteiger charge is -2.29. The molecule has 3 atom stereocenters. The molecule has 72 heavy (non-hydrogen) atoms. The van der Waals surface area contributed by atoms with Gasteiger partial charge in [-0.05, 0) is 24.1 Å². The van der Waals surface area contributed by atoms with Crippen LogP contribution in [0.25, 0.3) is 16.9 Å². The molecule has 22 nitrogen and oxygen atoms in total. The molecule has 0 radical (unpaired) electrons. The smallest absolute Gasteiger partial charge is 0.416 e. The number of aromatic nitrogens is 3. The number of ether oxygens (including phenoxy) is 2. The highest BCUT2D eigenvalue weighted by atomic mass is 16.6. The van der Waals surface area contributed by atoms with Gasteiger partial charge in [-0.1, -0.05) is 60.7 Å². The fourth-order valence-electron chi connectivity index (χ4n) is 8.20. The first-order valence-corrected chi connectivity index (χ1v) is 23.3. The van der Waals surface area contributed by atoms with Crippen molar-refractivity contribution < 1.29 is 67.6 Å². The number of carbonyl (C=O) groups excluding carboxylic acids is 5.